The molecule has 0 N–H and O–H groups in total. The number of nitrogens with zero attached hydrogens (tertiary/aromatic N) is 2. The summed E-state index contributed by atoms with van der Waals surface area (Å²) in [4.78, 5) is 6.55. The molecule has 1 spiro atoms. The number of hydrogen-bond acceptors (Lipinski definition) is 5. The van der Waals surface area contributed by atoms with Crippen LogP contribution in [0, 0.1) is 11.7 Å². The molecule has 0 unspecified atom stereocenters. The lowest BCUT2D eigenvalue weighted by molar-refractivity contribution is -0.0492. The minimum absolute atomic E-state index is 0.0881. The summed E-state index contributed by atoms with van der Waals surface area (Å²) in [5.74, 6) is 0.454. The molecule has 1 atom stereocenters. The van der Waals surface area contributed by atoms with E-state index >= 15 is 0 Å². The van der Waals surface area contributed by atoms with Crippen molar-refractivity contribution in [3.63, 3.8) is 0 Å². The van der Waals surface area contributed by atoms with Crippen molar-refractivity contribution >= 4 is 0 Å². The first-order valence-electron chi connectivity index (χ1n) is 9.44. The Morgan fingerprint density at radius 3 is 2.84 bits per heavy atom. The van der Waals surface area contributed by atoms with Crippen molar-refractivity contribution in [1.29, 1.82) is 0 Å². The average molecular weight is 350 g/mol. The third-order valence-electron chi connectivity index (χ3n) is 5.80. The number of hydrogen-bond donors (Lipinski definition) is 0. The molecule has 1 aromatic heterocycles. The summed E-state index contributed by atoms with van der Waals surface area (Å²) >= 11 is 0. The maximum Gasteiger partial charge on any atom is 0.250 e. The molecule has 0 bridgehead atoms. The summed E-state index contributed by atoms with van der Waals surface area (Å²) in [6.07, 6.45) is 6.70. The van der Waals surface area contributed by atoms with Crippen molar-refractivity contribution in [2.24, 2.45) is 5.92 Å². The zero-order valence-corrected chi connectivity index (χ0v) is 14.7. The molecule has 138 valence electrons. The summed E-state index contributed by atoms with van der Waals surface area (Å²) < 4.78 is 31.0. The van der Waals surface area contributed by atoms with Crippen LogP contribution in [0.25, 0.3) is 0 Å². The average Bonchev–Trinajstić information content (AvgIpc) is 3.03. The van der Waals surface area contributed by atoms with Gasteiger partial charge in [0.1, 0.15) is 6.10 Å². The summed E-state index contributed by atoms with van der Waals surface area (Å²) in [7, 11) is 0. The van der Waals surface area contributed by atoms with Crippen molar-refractivity contribution < 1.29 is 18.6 Å². The van der Waals surface area contributed by atoms with Crippen LogP contribution in [0.2, 0.25) is 0 Å². The third-order valence-corrected chi connectivity index (χ3v) is 5.80. The van der Waals surface area contributed by atoms with Crippen LogP contribution < -0.4 is 4.74 Å². The quantitative estimate of drug-likeness (QED) is 0.835. The predicted octanol–water partition coefficient (Wildman–Crippen LogP) is 2.65. The molecule has 5 nitrogen and oxygen atoms in total. The summed E-state index contributed by atoms with van der Waals surface area (Å²) in [5.41, 5.74) is -0.0951. The first-order chi connectivity index (χ1) is 12.2. The van der Waals surface area contributed by atoms with Gasteiger partial charge in [0, 0.05) is 45.5 Å². The van der Waals surface area contributed by atoms with E-state index in [1.165, 1.54) is 25.5 Å². The van der Waals surface area contributed by atoms with Crippen LogP contribution in [-0.2, 0) is 9.47 Å². The van der Waals surface area contributed by atoms with Gasteiger partial charge in [-0.15, -0.1) is 0 Å². The minimum atomic E-state index is -0.408. The fourth-order valence-corrected chi connectivity index (χ4v) is 4.28. The van der Waals surface area contributed by atoms with Gasteiger partial charge in [0.25, 0.3) is 5.88 Å². The molecule has 3 aliphatic heterocycles. The second kappa shape index (κ2) is 7.56. The van der Waals surface area contributed by atoms with Gasteiger partial charge in [-0.3, -0.25) is 0 Å². The Morgan fingerprint density at radius 1 is 1.28 bits per heavy atom. The molecule has 0 saturated carbocycles. The monoisotopic (exact) mass is 350 g/mol. The van der Waals surface area contributed by atoms with E-state index in [1.807, 2.05) is 0 Å². The van der Waals surface area contributed by atoms with Crippen LogP contribution in [0.1, 0.15) is 32.1 Å². The summed E-state index contributed by atoms with van der Waals surface area (Å²) in [6.45, 7) is 5.67. The number of rotatable bonds is 4. The highest BCUT2D eigenvalue weighted by molar-refractivity contribution is 5.13. The standard InChI is InChI=1S/C19H27FN2O3/c20-17-2-1-7-21-18(17)25-16-12-19(24-14-16)5-8-22(9-6-19)13-15-3-10-23-11-4-15/h1-2,7,15-16H,3-6,8-14H2/t16-/m0/s1. The van der Waals surface area contributed by atoms with Crippen molar-refractivity contribution in [2.75, 3.05) is 39.5 Å². The second-order valence-electron chi connectivity index (χ2n) is 7.58. The molecule has 25 heavy (non-hydrogen) atoms. The molecule has 1 aromatic rings. The van der Waals surface area contributed by atoms with Crippen LogP contribution in [0.4, 0.5) is 4.39 Å². The van der Waals surface area contributed by atoms with Crippen LogP contribution in [0.5, 0.6) is 5.88 Å². The second-order valence-corrected chi connectivity index (χ2v) is 7.58. The highest BCUT2D eigenvalue weighted by Crippen LogP contribution is 2.37. The Morgan fingerprint density at radius 2 is 2.08 bits per heavy atom. The molecular weight excluding hydrogens is 323 g/mol. The lowest BCUT2D eigenvalue weighted by atomic mass is 9.87. The third kappa shape index (κ3) is 4.13. The van der Waals surface area contributed by atoms with Gasteiger partial charge in [-0.2, -0.15) is 0 Å². The predicted molar refractivity (Wildman–Crippen MR) is 91.1 cm³/mol. The van der Waals surface area contributed by atoms with Crippen LogP contribution in [0.15, 0.2) is 18.3 Å². The molecule has 0 aliphatic carbocycles. The molecule has 4 rings (SSSR count). The van der Waals surface area contributed by atoms with Gasteiger partial charge in [-0.05, 0) is 43.7 Å². The fourth-order valence-electron chi connectivity index (χ4n) is 4.28. The van der Waals surface area contributed by atoms with Gasteiger partial charge in [0.05, 0.1) is 12.2 Å². The number of pyridine rings is 1. The minimum Gasteiger partial charge on any atom is -0.470 e. The SMILES string of the molecule is Fc1cccnc1O[C@@H]1COC2(CCN(CC3CCOCC3)CC2)C1. The Hall–Kier alpha value is -1.24. The number of piperidine rings is 1. The Balaban J connectivity index is 1.26. The largest absolute Gasteiger partial charge is 0.470 e. The van der Waals surface area contributed by atoms with Crippen LogP contribution in [-0.4, -0.2) is 61.0 Å². The molecule has 3 aliphatic rings. The summed E-state index contributed by atoms with van der Waals surface area (Å²) in [5, 5.41) is 0. The lowest BCUT2D eigenvalue weighted by Crippen LogP contribution is -2.46. The van der Waals surface area contributed by atoms with Gasteiger partial charge in [-0.1, -0.05) is 0 Å². The van der Waals surface area contributed by atoms with E-state index in [-0.39, 0.29) is 17.6 Å². The van der Waals surface area contributed by atoms with Gasteiger partial charge in [-0.25, -0.2) is 9.37 Å². The van der Waals surface area contributed by atoms with E-state index < -0.39 is 5.82 Å². The van der Waals surface area contributed by atoms with E-state index in [0.717, 1.165) is 51.5 Å². The Kier molecular flexibility index (Phi) is 5.20. The summed E-state index contributed by atoms with van der Waals surface area (Å²) in [6, 6.07) is 2.95. The van der Waals surface area contributed by atoms with E-state index in [0.29, 0.717) is 6.61 Å². The fraction of sp³-hybridized carbons (Fsp3) is 0.737. The van der Waals surface area contributed by atoms with Crippen molar-refractivity contribution in [3.8, 4) is 5.88 Å². The maximum atomic E-state index is 13.7. The van der Waals surface area contributed by atoms with Crippen molar-refractivity contribution in [3.05, 3.63) is 24.1 Å². The van der Waals surface area contributed by atoms with Gasteiger partial charge in [0.2, 0.25) is 0 Å². The molecule has 4 heterocycles. The van der Waals surface area contributed by atoms with E-state index in [2.05, 4.69) is 9.88 Å². The van der Waals surface area contributed by atoms with E-state index in [1.54, 1.807) is 12.3 Å². The maximum absolute atomic E-state index is 13.7. The Labute approximate surface area is 148 Å². The molecule has 6 heteroatoms. The van der Waals surface area contributed by atoms with Gasteiger partial charge < -0.3 is 19.1 Å². The van der Waals surface area contributed by atoms with Crippen molar-refractivity contribution in [2.45, 2.75) is 43.8 Å². The first kappa shape index (κ1) is 17.2. The number of ether oxygens (including phenoxy) is 3. The zero-order chi connectivity index (χ0) is 17.1. The van der Waals surface area contributed by atoms with Crippen molar-refractivity contribution in [1.82, 2.24) is 9.88 Å². The molecule has 3 fully saturated rings. The van der Waals surface area contributed by atoms with E-state index in [4.69, 9.17) is 14.2 Å². The number of aromatic nitrogens is 1. The topological polar surface area (TPSA) is 43.8 Å². The van der Waals surface area contributed by atoms with Crippen LogP contribution in [0.3, 0.4) is 0 Å². The highest BCUT2D eigenvalue weighted by atomic mass is 19.1. The van der Waals surface area contributed by atoms with Crippen LogP contribution >= 0.6 is 0 Å². The molecule has 0 aromatic carbocycles. The molecule has 0 amide bonds. The molecule has 3 saturated heterocycles. The zero-order valence-electron chi connectivity index (χ0n) is 14.7. The smallest absolute Gasteiger partial charge is 0.250 e. The molecular formula is C19H27FN2O3. The molecule has 0 radical (unpaired) electrons. The van der Waals surface area contributed by atoms with E-state index in [9.17, 15) is 4.39 Å². The normalized spacial score (nSPS) is 27.6. The lowest BCUT2D eigenvalue weighted by Gasteiger charge is -2.40. The Bertz CT molecular complexity index is 572. The number of halogens is 1. The first-order valence-corrected chi connectivity index (χ1v) is 9.44. The number of likely N-dealkylation sites (tertiary alicyclic amines) is 1. The van der Waals surface area contributed by atoms with Gasteiger partial charge in [0.15, 0.2) is 5.82 Å². The van der Waals surface area contributed by atoms with Gasteiger partial charge >= 0.3 is 0 Å². The highest BCUT2D eigenvalue weighted by Gasteiger charge is 2.44.